The van der Waals surface area contributed by atoms with Crippen LogP contribution < -0.4 is 5.30 Å². The highest BCUT2D eigenvalue weighted by molar-refractivity contribution is 8.05. The molecule has 0 fully saturated rings. The molecule has 3 aromatic rings. The summed E-state index contributed by atoms with van der Waals surface area (Å²) in [6.45, 7) is 7.05. The molecule has 3 aromatic carbocycles. The Morgan fingerprint density at radius 1 is 0.808 bits per heavy atom. The van der Waals surface area contributed by atoms with E-state index in [9.17, 15) is 10.1 Å². The summed E-state index contributed by atoms with van der Waals surface area (Å²) in [6.07, 6.45) is 0. The molecule has 3 nitrogen and oxygen atoms in total. The largest absolute Gasteiger partial charge is 0.375 e. The molecule has 0 saturated heterocycles. The lowest BCUT2D eigenvalue weighted by Crippen LogP contribution is -2.21. The van der Waals surface area contributed by atoms with Crippen molar-refractivity contribution in [2.24, 2.45) is 0 Å². The quantitative estimate of drug-likeness (QED) is 0.271. The maximum Gasteiger partial charge on any atom is 0.375 e. The SMILES string of the molecule is C[P+](C)([B]C(c1ccccc1)c1ccc([N+](=O)[O-])cc1)c1ccccc1. The van der Waals surface area contributed by atoms with Crippen molar-refractivity contribution in [1.82, 2.24) is 0 Å². The number of non-ortho nitro benzene ring substituents is 1. The molecule has 0 N–H and O–H groups in total. The average Bonchev–Trinajstić information content (AvgIpc) is 2.68. The number of hydrogen-bond donors (Lipinski definition) is 0. The standard InChI is InChI=1S/C21H21BNO2P/c1-26(2,20-11-7-4-8-12-20)22-21(17-9-5-3-6-10-17)18-13-15-19(16-14-18)23(24)25/h3-16,21H,1-2H3/q+1. The van der Waals surface area contributed by atoms with Gasteiger partial charge in [-0.05, 0) is 30.4 Å². The molecular weight excluding hydrogens is 340 g/mol. The fraction of sp³-hybridized carbons (Fsp3) is 0.143. The van der Waals surface area contributed by atoms with Gasteiger partial charge >= 0.3 is 7.00 Å². The van der Waals surface area contributed by atoms with Gasteiger partial charge in [0, 0.05) is 31.3 Å². The maximum absolute atomic E-state index is 11.0. The lowest BCUT2D eigenvalue weighted by atomic mass is 9.74. The van der Waals surface area contributed by atoms with Crippen molar-refractivity contribution in [2.75, 3.05) is 13.3 Å². The number of hydrogen-bond acceptors (Lipinski definition) is 2. The minimum absolute atomic E-state index is 0.0977. The van der Waals surface area contributed by atoms with Crippen molar-refractivity contribution >= 4 is 25.1 Å². The lowest BCUT2D eigenvalue weighted by molar-refractivity contribution is -0.384. The van der Waals surface area contributed by atoms with Crippen molar-refractivity contribution in [1.29, 1.82) is 0 Å². The molecule has 0 aliphatic heterocycles. The van der Waals surface area contributed by atoms with Gasteiger partial charge in [0.2, 0.25) is 0 Å². The summed E-state index contributed by atoms with van der Waals surface area (Å²) in [7, 11) is -1.47. The van der Waals surface area contributed by atoms with Crippen LogP contribution in [0.1, 0.15) is 16.9 Å². The van der Waals surface area contributed by atoms with Gasteiger partial charge in [0.25, 0.3) is 5.69 Å². The number of benzene rings is 3. The van der Waals surface area contributed by atoms with Crippen LogP contribution in [0, 0.1) is 10.1 Å². The van der Waals surface area contributed by atoms with Gasteiger partial charge in [-0.1, -0.05) is 60.7 Å². The summed E-state index contributed by atoms with van der Waals surface area (Å²) in [5.74, 6) is 0.0977. The first-order chi connectivity index (χ1) is 12.5. The van der Waals surface area contributed by atoms with Gasteiger partial charge in [-0.2, -0.15) is 0 Å². The molecule has 0 aromatic heterocycles. The molecule has 0 heterocycles. The Balaban J connectivity index is 1.98. The van der Waals surface area contributed by atoms with Crippen LogP contribution in [0.25, 0.3) is 0 Å². The van der Waals surface area contributed by atoms with E-state index in [0.29, 0.717) is 0 Å². The van der Waals surface area contributed by atoms with E-state index in [1.165, 1.54) is 10.9 Å². The van der Waals surface area contributed by atoms with E-state index in [4.69, 9.17) is 0 Å². The minimum Gasteiger partial charge on any atom is -0.258 e. The number of nitrogens with zero attached hydrogens (tertiary/aromatic N) is 1. The molecule has 1 radical (unpaired) electrons. The topological polar surface area (TPSA) is 43.1 Å². The summed E-state index contributed by atoms with van der Waals surface area (Å²) in [5.41, 5.74) is 2.40. The molecule has 0 aliphatic carbocycles. The second kappa shape index (κ2) is 7.84. The predicted molar refractivity (Wildman–Crippen MR) is 112 cm³/mol. The smallest absolute Gasteiger partial charge is 0.258 e. The summed E-state index contributed by atoms with van der Waals surface area (Å²) in [6, 6.07) is 27.8. The number of nitro groups is 1. The van der Waals surface area contributed by atoms with Crippen LogP contribution in [0.5, 0.6) is 0 Å². The Kier molecular flexibility index (Phi) is 5.53. The first-order valence-electron chi connectivity index (χ1n) is 8.52. The molecule has 26 heavy (non-hydrogen) atoms. The first-order valence-corrected chi connectivity index (χ1v) is 11.3. The molecule has 3 rings (SSSR count). The van der Waals surface area contributed by atoms with Crippen molar-refractivity contribution < 1.29 is 4.92 Å². The summed E-state index contributed by atoms with van der Waals surface area (Å²) < 4.78 is 0. The third-order valence-corrected chi connectivity index (χ3v) is 7.24. The van der Waals surface area contributed by atoms with E-state index in [0.717, 1.165) is 5.56 Å². The molecule has 129 valence electrons. The highest BCUT2D eigenvalue weighted by Gasteiger charge is 2.37. The zero-order valence-electron chi connectivity index (χ0n) is 14.9. The van der Waals surface area contributed by atoms with Crippen molar-refractivity contribution in [2.45, 2.75) is 5.82 Å². The zero-order valence-corrected chi connectivity index (χ0v) is 15.8. The number of rotatable bonds is 6. The molecule has 0 bridgehead atoms. The Morgan fingerprint density at radius 3 is 1.85 bits per heavy atom. The highest BCUT2D eigenvalue weighted by Crippen LogP contribution is 2.52. The van der Waals surface area contributed by atoms with E-state index >= 15 is 0 Å². The highest BCUT2D eigenvalue weighted by atomic mass is 31.2. The van der Waals surface area contributed by atoms with E-state index in [1.54, 1.807) is 12.1 Å². The molecule has 1 atom stereocenters. The van der Waals surface area contributed by atoms with Crippen molar-refractivity contribution in [3.63, 3.8) is 0 Å². The molecule has 0 amide bonds. The summed E-state index contributed by atoms with van der Waals surface area (Å²) in [4.78, 5) is 10.6. The van der Waals surface area contributed by atoms with E-state index in [2.05, 4.69) is 56.7 Å². The Labute approximate surface area is 155 Å². The Bertz CT molecular complexity index is 868. The fourth-order valence-electron chi connectivity index (χ4n) is 3.10. The van der Waals surface area contributed by atoms with Crippen LogP contribution in [0.3, 0.4) is 0 Å². The molecule has 0 spiro atoms. The lowest BCUT2D eigenvalue weighted by Gasteiger charge is -2.23. The molecule has 0 aliphatic rings. The minimum atomic E-state index is -1.47. The van der Waals surface area contributed by atoms with Gasteiger partial charge in [-0.25, -0.2) is 0 Å². The fourth-order valence-corrected chi connectivity index (χ4v) is 5.30. The predicted octanol–water partition coefficient (Wildman–Crippen LogP) is 4.91. The normalized spacial score (nSPS) is 12.4. The van der Waals surface area contributed by atoms with Crippen LogP contribution in [0.4, 0.5) is 5.69 Å². The third kappa shape index (κ3) is 4.20. The van der Waals surface area contributed by atoms with Crippen molar-refractivity contribution in [3.05, 3.63) is 106 Å². The van der Waals surface area contributed by atoms with Gasteiger partial charge in [-0.3, -0.25) is 10.1 Å². The second-order valence-electron chi connectivity index (χ2n) is 6.76. The number of nitro benzene ring substituents is 1. The van der Waals surface area contributed by atoms with Gasteiger partial charge < -0.3 is 0 Å². The zero-order chi connectivity index (χ0) is 18.6. The van der Waals surface area contributed by atoms with E-state index < -0.39 is 7.14 Å². The van der Waals surface area contributed by atoms with Crippen LogP contribution in [0.15, 0.2) is 84.9 Å². The van der Waals surface area contributed by atoms with Gasteiger partial charge in [0.05, 0.1) is 10.2 Å². The van der Waals surface area contributed by atoms with Crippen LogP contribution in [-0.4, -0.2) is 25.3 Å². The van der Waals surface area contributed by atoms with Gasteiger partial charge in [0.15, 0.2) is 0 Å². The molecular formula is C21H21BNO2P+. The maximum atomic E-state index is 11.0. The second-order valence-corrected chi connectivity index (χ2v) is 10.7. The first kappa shape index (κ1) is 18.3. The van der Waals surface area contributed by atoms with E-state index in [1.807, 2.05) is 36.4 Å². The summed E-state index contributed by atoms with van der Waals surface area (Å²) in [5, 5.41) is 12.3. The van der Waals surface area contributed by atoms with Crippen molar-refractivity contribution in [3.8, 4) is 0 Å². The molecule has 5 heteroatoms. The third-order valence-electron chi connectivity index (χ3n) is 4.57. The van der Waals surface area contributed by atoms with Gasteiger partial charge in [-0.15, -0.1) is 0 Å². The molecule has 1 unspecified atom stereocenters. The summed E-state index contributed by atoms with van der Waals surface area (Å²) >= 11 is 0. The van der Waals surface area contributed by atoms with Crippen LogP contribution in [0.2, 0.25) is 0 Å². The Hall–Kier alpha value is -2.45. The monoisotopic (exact) mass is 361 g/mol. The van der Waals surface area contributed by atoms with Crippen LogP contribution >= 0.6 is 7.14 Å². The van der Waals surface area contributed by atoms with Crippen LogP contribution in [-0.2, 0) is 0 Å². The Morgan fingerprint density at radius 2 is 1.31 bits per heavy atom. The average molecular weight is 361 g/mol. The van der Waals surface area contributed by atoms with Gasteiger partial charge in [0.1, 0.15) is 0 Å². The van der Waals surface area contributed by atoms with E-state index in [-0.39, 0.29) is 16.4 Å². The molecule has 0 saturated carbocycles.